The van der Waals surface area contributed by atoms with E-state index < -0.39 is 5.79 Å². The number of hydrogen-bond donors (Lipinski definition) is 2. The quantitative estimate of drug-likeness (QED) is 0.678. The van der Waals surface area contributed by atoms with Gasteiger partial charge in [0.15, 0.2) is 15.8 Å². The third-order valence-corrected chi connectivity index (χ3v) is 7.06. The van der Waals surface area contributed by atoms with Gasteiger partial charge in [0.1, 0.15) is 0 Å². The van der Waals surface area contributed by atoms with E-state index in [4.69, 9.17) is 9.47 Å². The number of carbonyl (C=O) groups excluding carboxylic acids is 1. The highest BCUT2D eigenvalue weighted by Crippen LogP contribution is 2.46. The fourth-order valence-corrected chi connectivity index (χ4v) is 5.15. The molecule has 2 saturated carbocycles. The van der Waals surface area contributed by atoms with Crippen molar-refractivity contribution in [1.82, 2.24) is 10.2 Å². The van der Waals surface area contributed by atoms with Crippen LogP contribution in [0.3, 0.4) is 0 Å². The molecule has 28 heavy (non-hydrogen) atoms. The van der Waals surface area contributed by atoms with Crippen LogP contribution >= 0.6 is 23.1 Å². The van der Waals surface area contributed by atoms with E-state index >= 15 is 0 Å². The Morgan fingerprint density at radius 2 is 2.00 bits per heavy atom. The monoisotopic (exact) mass is 418 g/mol. The Morgan fingerprint density at radius 1 is 1.18 bits per heavy atom. The van der Waals surface area contributed by atoms with Crippen molar-refractivity contribution in [3.63, 3.8) is 0 Å². The number of hydrogen-bond acceptors (Lipinski definition) is 8. The van der Waals surface area contributed by atoms with Crippen LogP contribution in [0.1, 0.15) is 44.9 Å². The Labute approximate surface area is 171 Å². The van der Waals surface area contributed by atoms with Crippen LogP contribution in [0, 0.1) is 0 Å². The molecule has 0 unspecified atom stereocenters. The van der Waals surface area contributed by atoms with Gasteiger partial charge < -0.3 is 20.1 Å². The van der Waals surface area contributed by atoms with Crippen molar-refractivity contribution in [1.29, 1.82) is 0 Å². The summed E-state index contributed by atoms with van der Waals surface area (Å²) in [5.41, 5.74) is 0.717. The summed E-state index contributed by atoms with van der Waals surface area (Å²) in [7, 11) is 0. The normalized spacial score (nSPS) is 19.6. The molecule has 9 heteroatoms. The number of nitrogens with one attached hydrogen (secondary N) is 2. The number of rotatable bonds is 6. The Bertz CT molecular complexity index is 878. The topological polar surface area (TPSA) is 85.4 Å². The molecule has 2 N–H and O–H groups in total. The highest BCUT2D eigenvalue weighted by Gasteiger charge is 2.42. The summed E-state index contributed by atoms with van der Waals surface area (Å²) in [4.78, 5) is 12.3. The molecule has 1 aromatic carbocycles. The van der Waals surface area contributed by atoms with Crippen LogP contribution in [0.15, 0.2) is 22.5 Å². The van der Waals surface area contributed by atoms with Crippen molar-refractivity contribution in [2.75, 3.05) is 16.4 Å². The van der Waals surface area contributed by atoms with E-state index in [9.17, 15) is 4.79 Å². The van der Waals surface area contributed by atoms with Crippen LogP contribution in [-0.4, -0.2) is 33.7 Å². The second-order valence-corrected chi connectivity index (χ2v) is 9.67. The van der Waals surface area contributed by atoms with Gasteiger partial charge in [0.25, 0.3) is 5.79 Å². The first-order valence-corrected chi connectivity index (χ1v) is 11.5. The van der Waals surface area contributed by atoms with Crippen LogP contribution in [0.2, 0.25) is 0 Å². The molecular weight excluding hydrogens is 396 g/mol. The lowest BCUT2D eigenvalue weighted by Gasteiger charge is -2.31. The minimum atomic E-state index is -0.497. The first-order chi connectivity index (χ1) is 13.7. The zero-order valence-electron chi connectivity index (χ0n) is 15.4. The van der Waals surface area contributed by atoms with Gasteiger partial charge in [-0.1, -0.05) is 29.5 Å². The number of aromatic nitrogens is 2. The van der Waals surface area contributed by atoms with E-state index in [1.165, 1.54) is 42.4 Å². The van der Waals surface area contributed by atoms with Gasteiger partial charge in [-0.2, -0.15) is 0 Å². The highest BCUT2D eigenvalue weighted by atomic mass is 32.2. The van der Waals surface area contributed by atoms with Crippen LogP contribution in [0.25, 0.3) is 0 Å². The maximum absolute atomic E-state index is 12.3. The molecule has 5 rings (SSSR count). The lowest BCUT2D eigenvalue weighted by molar-refractivity contribution is -0.113. The van der Waals surface area contributed by atoms with Crippen LogP contribution in [0.5, 0.6) is 11.5 Å². The second kappa shape index (κ2) is 7.44. The van der Waals surface area contributed by atoms with E-state index in [0.29, 0.717) is 17.5 Å². The SMILES string of the molecule is O=C(CSc1nnc(NC2CC2)s1)Nc1ccc2c(c1)OC1(CCCCC1)O2. The van der Waals surface area contributed by atoms with E-state index in [-0.39, 0.29) is 11.7 Å². The molecule has 0 bridgehead atoms. The van der Waals surface area contributed by atoms with Gasteiger partial charge in [-0.15, -0.1) is 10.2 Å². The number of ether oxygens (including phenoxy) is 2. The average molecular weight is 419 g/mol. The van der Waals surface area contributed by atoms with Crippen molar-refractivity contribution >= 4 is 39.8 Å². The van der Waals surface area contributed by atoms with E-state index in [0.717, 1.165) is 40.9 Å². The predicted molar refractivity (Wildman–Crippen MR) is 109 cm³/mol. The molecule has 0 radical (unpaired) electrons. The molecule has 1 amide bonds. The lowest BCUT2D eigenvalue weighted by atomic mass is 9.94. The van der Waals surface area contributed by atoms with Gasteiger partial charge in [-0.25, -0.2) is 0 Å². The second-order valence-electron chi connectivity index (χ2n) is 7.47. The standard InChI is InChI=1S/C19H22N4O3S2/c24-16(11-27-18-23-22-17(28-18)21-12-4-5-12)20-13-6-7-14-15(10-13)26-19(25-14)8-2-1-3-9-19/h6-7,10,12H,1-5,8-9,11H2,(H,20,24)(H,21,22). The molecule has 1 aliphatic heterocycles. The van der Waals surface area contributed by atoms with E-state index in [1.807, 2.05) is 18.2 Å². The molecule has 0 saturated heterocycles. The number of carbonyl (C=O) groups is 1. The molecule has 2 aliphatic carbocycles. The fourth-order valence-electron chi connectivity index (χ4n) is 3.52. The Kier molecular flexibility index (Phi) is 4.80. The molecule has 148 valence electrons. The summed E-state index contributed by atoms with van der Waals surface area (Å²) in [5.74, 6) is 1.19. The largest absolute Gasteiger partial charge is 0.448 e. The summed E-state index contributed by atoms with van der Waals surface area (Å²) in [5, 5.41) is 15.3. The Hall–Kier alpha value is -2.00. The summed E-state index contributed by atoms with van der Waals surface area (Å²) in [6, 6.07) is 6.13. The van der Waals surface area contributed by atoms with Crippen LogP contribution in [-0.2, 0) is 4.79 Å². The highest BCUT2D eigenvalue weighted by molar-refractivity contribution is 8.01. The maximum atomic E-state index is 12.3. The number of amides is 1. The van der Waals surface area contributed by atoms with Crippen LogP contribution < -0.4 is 20.1 Å². The van der Waals surface area contributed by atoms with Crippen molar-refractivity contribution in [2.45, 2.75) is 61.1 Å². The number of anilines is 2. The number of fused-ring (bicyclic) bond motifs is 1. The molecule has 7 nitrogen and oxygen atoms in total. The first-order valence-electron chi connectivity index (χ1n) is 9.72. The molecule has 2 heterocycles. The van der Waals surface area contributed by atoms with Crippen molar-refractivity contribution in [2.24, 2.45) is 0 Å². The minimum absolute atomic E-state index is 0.0804. The molecule has 2 fully saturated rings. The van der Waals surface area contributed by atoms with Gasteiger partial charge in [0.2, 0.25) is 11.0 Å². The van der Waals surface area contributed by atoms with E-state index in [1.54, 1.807) is 0 Å². The summed E-state index contributed by atoms with van der Waals surface area (Å²) in [6.45, 7) is 0. The Balaban J connectivity index is 1.15. The zero-order valence-corrected chi connectivity index (χ0v) is 17.0. The van der Waals surface area contributed by atoms with Crippen molar-refractivity contribution in [3.05, 3.63) is 18.2 Å². The number of nitrogens with zero attached hydrogens (tertiary/aromatic N) is 2. The van der Waals surface area contributed by atoms with Gasteiger partial charge in [-0.05, 0) is 37.8 Å². The average Bonchev–Trinajstić information content (AvgIpc) is 3.27. The third-order valence-electron chi connectivity index (χ3n) is 5.07. The van der Waals surface area contributed by atoms with Crippen molar-refractivity contribution in [3.8, 4) is 11.5 Å². The van der Waals surface area contributed by atoms with Gasteiger partial charge >= 0.3 is 0 Å². The maximum Gasteiger partial charge on any atom is 0.251 e. The zero-order chi connectivity index (χ0) is 19.0. The molecule has 1 spiro atoms. The number of thioether (sulfide) groups is 1. The lowest BCUT2D eigenvalue weighted by Crippen LogP contribution is -2.40. The number of benzene rings is 1. The molecule has 2 aromatic rings. The molecule has 1 aromatic heterocycles. The predicted octanol–water partition coefficient (Wildman–Crippen LogP) is 4.27. The molecule has 3 aliphatic rings. The van der Waals surface area contributed by atoms with Gasteiger partial charge in [-0.3, -0.25) is 4.79 Å². The summed E-state index contributed by atoms with van der Waals surface area (Å²) >= 11 is 2.89. The summed E-state index contributed by atoms with van der Waals surface area (Å²) in [6.07, 6.45) is 7.70. The summed E-state index contributed by atoms with van der Waals surface area (Å²) < 4.78 is 13.0. The molecule has 0 atom stereocenters. The molecular formula is C19H22N4O3S2. The van der Waals surface area contributed by atoms with Crippen molar-refractivity contribution < 1.29 is 14.3 Å². The van der Waals surface area contributed by atoms with Crippen LogP contribution in [0.4, 0.5) is 10.8 Å². The fraction of sp³-hybridized carbons (Fsp3) is 0.526. The van der Waals surface area contributed by atoms with Gasteiger partial charge in [0.05, 0.1) is 5.75 Å². The third kappa shape index (κ3) is 4.05. The minimum Gasteiger partial charge on any atom is -0.448 e. The van der Waals surface area contributed by atoms with E-state index in [2.05, 4.69) is 20.8 Å². The van der Waals surface area contributed by atoms with Gasteiger partial charge in [0, 0.05) is 30.6 Å². The first kappa shape index (κ1) is 18.1. The Morgan fingerprint density at radius 3 is 2.82 bits per heavy atom. The smallest absolute Gasteiger partial charge is 0.251 e.